The maximum absolute atomic E-state index is 12.8. The second-order valence-corrected chi connectivity index (χ2v) is 7.88. The van der Waals surface area contributed by atoms with Crippen molar-refractivity contribution < 1.29 is 14.3 Å². The van der Waals surface area contributed by atoms with Crippen LogP contribution in [0.2, 0.25) is 0 Å². The van der Waals surface area contributed by atoms with Gasteiger partial charge in [0.1, 0.15) is 0 Å². The van der Waals surface area contributed by atoms with Gasteiger partial charge in [0.05, 0.1) is 14.2 Å². The van der Waals surface area contributed by atoms with Crippen LogP contribution < -0.4 is 15.2 Å². The summed E-state index contributed by atoms with van der Waals surface area (Å²) in [4.78, 5) is 14.8. The Labute approximate surface area is 149 Å². The van der Waals surface area contributed by atoms with E-state index in [0.29, 0.717) is 17.9 Å². The molecule has 0 radical (unpaired) electrons. The number of nitrogens with two attached hydrogens (primary N) is 1. The number of methoxy groups -OCH3 is 2. The van der Waals surface area contributed by atoms with Crippen molar-refractivity contribution in [2.45, 2.75) is 31.7 Å². The Morgan fingerprint density at radius 3 is 2.40 bits per heavy atom. The summed E-state index contributed by atoms with van der Waals surface area (Å²) < 4.78 is 10.6. The van der Waals surface area contributed by atoms with Gasteiger partial charge in [-0.1, -0.05) is 6.07 Å². The minimum Gasteiger partial charge on any atom is -0.493 e. The summed E-state index contributed by atoms with van der Waals surface area (Å²) in [6.45, 7) is 1.90. The predicted octanol–water partition coefficient (Wildman–Crippen LogP) is 2.60. The first-order chi connectivity index (χ1) is 12.1. The fourth-order valence-corrected chi connectivity index (χ4v) is 5.40. The Hall–Kier alpha value is -1.75. The number of likely N-dealkylation sites (tertiary alicyclic amines) is 1. The van der Waals surface area contributed by atoms with Crippen LogP contribution in [0.3, 0.4) is 0 Å². The van der Waals surface area contributed by atoms with Gasteiger partial charge in [-0.15, -0.1) is 0 Å². The molecule has 3 aliphatic rings. The number of ether oxygens (including phenoxy) is 2. The van der Waals surface area contributed by atoms with Gasteiger partial charge in [0.15, 0.2) is 11.5 Å². The molecule has 1 aliphatic heterocycles. The van der Waals surface area contributed by atoms with E-state index < -0.39 is 0 Å². The van der Waals surface area contributed by atoms with Gasteiger partial charge < -0.3 is 20.1 Å². The lowest BCUT2D eigenvalue weighted by atomic mass is 9.82. The van der Waals surface area contributed by atoms with Gasteiger partial charge in [-0.2, -0.15) is 0 Å². The third kappa shape index (κ3) is 2.88. The van der Waals surface area contributed by atoms with Crippen molar-refractivity contribution in [3.05, 3.63) is 23.8 Å². The number of hydrogen-bond acceptors (Lipinski definition) is 4. The van der Waals surface area contributed by atoms with E-state index in [1.807, 2.05) is 18.2 Å². The number of carbonyl (C=O) groups excluding carboxylic acids is 1. The molecule has 1 unspecified atom stereocenters. The smallest absolute Gasteiger partial charge is 0.224 e. The van der Waals surface area contributed by atoms with Crippen molar-refractivity contribution in [3.8, 4) is 11.5 Å². The number of amides is 1. The van der Waals surface area contributed by atoms with Crippen LogP contribution in [0.15, 0.2) is 18.2 Å². The fourth-order valence-electron chi connectivity index (χ4n) is 5.40. The predicted molar refractivity (Wildman–Crippen MR) is 95.5 cm³/mol. The quantitative estimate of drug-likeness (QED) is 0.892. The number of hydrogen-bond donors (Lipinski definition) is 1. The van der Waals surface area contributed by atoms with Gasteiger partial charge in [-0.25, -0.2) is 0 Å². The number of carbonyl (C=O) groups is 1. The molecule has 136 valence electrons. The standard InChI is InChI=1S/C20H28N2O3/c1-24-18-6-5-14(8-19(18)25-2)17(21)9-20(23)22-10-15-12-3-4-13(7-12)16(15)11-22/h5-6,8,12-13,15-17H,3-4,7,9-11,21H2,1-2H3/t12-,13+,15-,16+,17?. The molecular weight excluding hydrogens is 316 g/mol. The average molecular weight is 344 g/mol. The molecule has 2 bridgehead atoms. The lowest BCUT2D eigenvalue weighted by Crippen LogP contribution is -2.32. The van der Waals surface area contributed by atoms with Crippen molar-refractivity contribution in [1.29, 1.82) is 0 Å². The van der Waals surface area contributed by atoms with E-state index in [-0.39, 0.29) is 11.9 Å². The molecular formula is C20H28N2O3. The van der Waals surface area contributed by atoms with Crippen molar-refractivity contribution in [2.75, 3.05) is 27.3 Å². The molecule has 2 N–H and O–H groups in total. The van der Waals surface area contributed by atoms with Gasteiger partial charge >= 0.3 is 0 Å². The van der Waals surface area contributed by atoms with Crippen LogP contribution in [0.1, 0.15) is 37.3 Å². The van der Waals surface area contributed by atoms with Crippen molar-refractivity contribution in [1.82, 2.24) is 4.90 Å². The summed E-state index contributed by atoms with van der Waals surface area (Å²) in [5.74, 6) is 4.75. The largest absolute Gasteiger partial charge is 0.493 e. The van der Waals surface area contributed by atoms with E-state index in [2.05, 4.69) is 4.90 Å². The molecule has 1 aromatic rings. The van der Waals surface area contributed by atoms with E-state index in [1.54, 1.807) is 14.2 Å². The Morgan fingerprint density at radius 1 is 1.16 bits per heavy atom. The fraction of sp³-hybridized carbons (Fsp3) is 0.650. The molecule has 1 amide bonds. The molecule has 2 aliphatic carbocycles. The molecule has 1 aromatic carbocycles. The molecule has 25 heavy (non-hydrogen) atoms. The summed E-state index contributed by atoms with van der Waals surface area (Å²) in [6, 6.07) is 5.31. The van der Waals surface area contributed by atoms with Crippen molar-refractivity contribution in [2.24, 2.45) is 29.4 Å². The second-order valence-electron chi connectivity index (χ2n) is 7.88. The molecule has 1 saturated heterocycles. The normalized spacial score (nSPS) is 31.1. The van der Waals surface area contributed by atoms with E-state index in [4.69, 9.17) is 15.2 Å². The molecule has 2 saturated carbocycles. The summed E-state index contributed by atoms with van der Waals surface area (Å²) in [5, 5.41) is 0. The topological polar surface area (TPSA) is 64.8 Å². The SMILES string of the molecule is COc1ccc(C(N)CC(=O)N2C[C@@H]3[C@@H]4CC[C@@H](C4)[C@@H]3C2)cc1OC. The highest BCUT2D eigenvalue weighted by atomic mass is 16.5. The van der Waals surface area contributed by atoms with Crippen LogP contribution in [0.5, 0.6) is 11.5 Å². The average Bonchev–Trinajstić information content (AvgIpc) is 3.33. The Balaban J connectivity index is 1.39. The zero-order valence-corrected chi connectivity index (χ0v) is 15.1. The van der Waals surface area contributed by atoms with Crippen LogP contribution in [0.4, 0.5) is 0 Å². The molecule has 5 atom stereocenters. The maximum atomic E-state index is 12.8. The third-order valence-corrected chi connectivity index (χ3v) is 6.72. The molecule has 5 nitrogen and oxygen atoms in total. The van der Waals surface area contributed by atoms with Crippen LogP contribution in [-0.2, 0) is 4.79 Å². The molecule has 3 fully saturated rings. The summed E-state index contributed by atoms with van der Waals surface area (Å²) in [6.07, 6.45) is 4.50. The lowest BCUT2D eigenvalue weighted by Gasteiger charge is -2.22. The zero-order chi connectivity index (χ0) is 17.6. The first-order valence-electron chi connectivity index (χ1n) is 9.36. The number of fused-ring (bicyclic) bond motifs is 5. The maximum Gasteiger partial charge on any atom is 0.224 e. The minimum atomic E-state index is -0.315. The Morgan fingerprint density at radius 2 is 1.80 bits per heavy atom. The Bertz CT molecular complexity index is 644. The van der Waals surface area contributed by atoms with Crippen LogP contribution in [0, 0.1) is 23.7 Å². The van der Waals surface area contributed by atoms with Gasteiger partial charge in [0, 0.05) is 25.6 Å². The van der Waals surface area contributed by atoms with E-state index in [1.165, 1.54) is 19.3 Å². The highest BCUT2D eigenvalue weighted by molar-refractivity contribution is 5.77. The highest BCUT2D eigenvalue weighted by Crippen LogP contribution is 2.55. The van der Waals surface area contributed by atoms with Crippen molar-refractivity contribution in [3.63, 3.8) is 0 Å². The molecule has 0 spiro atoms. The zero-order valence-electron chi connectivity index (χ0n) is 15.1. The minimum absolute atomic E-state index is 0.191. The van der Waals surface area contributed by atoms with Crippen LogP contribution in [0.25, 0.3) is 0 Å². The van der Waals surface area contributed by atoms with E-state index in [0.717, 1.165) is 42.3 Å². The van der Waals surface area contributed by atoms with Gasteiger partial charge in [-0.3, -0.25) is 4.79 Å². The highest BCUT2D eigenvalue weighted by Gasteiger charge is 2.52. The van der Waals surface area contributed by atoms with Gasteiger partial charge in [0.25, 0.3) is 0 Å². The van der Waals surface area contributed by atoms with E-state index in [9.17, 15) is 4.79 Å². The molecule has 1 heterocycles. The molecule has 5 heteroatoms. The van der Waals surface area contributed by atoms with Crippen LogP contribution >= 0.6 is 0 Å². The molecule has 4 rings (SSSR count). The lowest BCUT2D eigenvalue weighted by molar-refractivity contribution is -0.130. The third-order valence-electron chi connectivity index (χ3n) is 6.72. The number of rotatable bonds is 5. The Kier molecular flexibility index (Phi) is 4.36. The summed E-state index contributed by atoms with van der Waals surface area (Å²) >= 11 is 0. The number of nitrogens with zero attached hydrogens (tertiary/aromatic N) is 1. The van der Waals surface area contributed by atoms with Gasteiger partial charge in [-0.05, 0) is 60.6 Å². The van der Waals surface area contributed by atoms with E-state index >= 15 is 0 Å². The van der Waals surface area contributed by atoms with Gasteiger partial charge in [0.2, 0.25) is 5.91 Å². The summed E-state index contributed by atoms with van der Waals surface area (Å²) in [5.41, 5.74) is 7.23. The van der Waals surface area contributed by atoms with Crippen molar-refractivity contribution >= 4 is 5.91 Å². The first kappa shape index (κ1) is 16.7. The number of benzene rings is 1. The second kappa shape index (κ2) is 6.52. The monoisotopic (exact) mass is 344 g/mol. The van der Waals surface area contributed by atoms with Crippen LogP contribution in [-0.4, -0.2) is 38.1 Å². The molecule has 0 aromatic heterocycles. The first-order valence-corrected chi connectivity index (χ1v) is 9.36. The summed E-state index contributed by atoms with van der Waals surface area (Å²) in [7, 11) is 3.22.